The summed E-state index contributed by atoms with van der Waals surface area (Å²) in [5.74, 6) is 0.210. The molecule has 7 heteroatoms. The van der Waals surface area contributed by atoms with E-state index in [9.17, 15) is 14.4 Å². The summed E-state index contributed by atoms with van der Waals surface area (Å²) in [5.41, 5.74) is 1.44. The number of hydrogen-bond acceptors (Lipinski definition) is 5. The molecule has 0 aliphatic carbocycles. The van der Waals surface area contributed by atoms with Crippen LogP contribution in [-0.4, -0.2) is 32.8 Å². The van der Waals surface area contributed by atoms with E-state index in [1.807, 2.05) is 13.0 Å². The minimum atomic E-state index is -0.440. The van der Waals surface area contributed by atoms with Crippen LogP contribution < -0.4 is 14.8 Å². The Morgan fingerprint density at radius 2 is 1.97 bits per heavy atom. The molecule has 158 valence electrons. The van der Waals surface area contributed by atoms with Crippen LogP contribution in [0.2, 0.25) is 0 Å². The van der Waals surface area contributed by atoms with E-state index in [2.05, 4.69) is 5.32 Å². The third-order valence-corrected chi connectivity index (χ3v) is 4.13. The summed E-state index contributed by atoms with van der Waals surface area (Å²) < 4.78 is 29.3. The minimum Gasteiger partial charge on any atom is -0.493 e. The van der Waals surface area contributed by atoms with Crippen molar-refractivity contribution in [3.63, 3.8) is 0 Å². The molecule has 0 bridgehead atoms. The fourth-order valence-corrected chi connectivity index (χ4v) is 2.57. The summed E-state index contributed by atoms with van der Waals surface area (Å²) in [4.78, 5) is 12.2. The fourth-order valence-electron chi connectivity index (χ4n) is 2.57. The first-order chi connectivity index (χ1) is 14.6. The molecule has 0 fully saturated rings. The van der Waals surface area contributed by atoms with Crippen LogP contribution in [0.25, 0.3) is 6.08 Å². The number of rotatable bonds is 11. The van der Waals surface area contributed by atoms with Gasteiger partial charge in [0, 0.05) is 19.8 Å². The maximum Gasteiger partial charge on any atom is 0.261 e. The van der Waals surface area contributed by atoms with Crippen LogP contribution in [0.1, 0.15) is 24.5 Å². The molecular formula is C23H25FN2O4. The van der Waals surface area contributed by atoms with Gasteiger partial charge in [-0.25, -0.2) is 4.39 Å². The average Bonchev–Trinajstić information content (AvgIpc) is 2.77. The second-order valence-corrected chi connectivity index (χ2v) is 6.30. The monoisotopic (exact) mass is 412 g/mol. The fraction of sp³-hybridized carbons (Fsp3) is 0.304. The molecule has 0 spiro atoms. The zero-order valence-electron chi connectivity index (χ0n) is 17.1. The van der Waals surface area contributed by atoms with E-state index in [0.29, 0.717) is 43.2 Å². The van der Waals surface area contributed by atoms with Crippen molar-refractivity contribution in [3.8, 4) is 17.6 Å². The first-order valence-electron chi connectivity index (χ1n) is 9.60. The van der Waals surface area contributed by atoms with Crippen molar-refractivity contribution in [1.29, 1.82) is 5.26 Å². The van der Waals surface area contributed by atoms with Crippen molar-refractivity contribution in [2.45, 2.75) is 20.0 Å². The lowest BCUT2D eigenvalue weighted by Crippen LogP contribution is -2.26. The van der Waals surface area contributed by atoms with E-state index in [4.69, 9.17) is 14.2 Å². The lowest BCUT2D eigenvalue weighted by Gasteiger charge is -2.12. The van der Waals surface area contributed by atoms with Crippen molar-refractivity contribution >= 4 is 12.0 Å². The lowest BCUT2D eigenvalue weighted by atomic mass is 10.1. The first kappa shape index (κ1) is 22.9. The smallest absolute Gasteiger partial charge is 0.261 e. The quantitative estimate of drug-likeness (QED) is 0.344. The number of halogens is 1. The molecule has 1 amide bonds. The Balaban J connectivity index is 2.03. The van der Waals surface area contributed by atoms with Crippen LogP contribution in [0, 0.1) is 17.1 Å². The van der Waals surface area contributed by atoms with E-state index >= 15 is 0 Å². The summed E-state index contributed by atoms with van der Waals surface area (Å²) in [7, 11) is 1.50. The molecule has 0 aliphatic rings. The van der Waals surface area contributed by atoms with Gasteiger partial charge in [0.05, 0.1) is 7.11 Å². The summed E-state index contributed by atoms with van der Waals surface area (Å²) in [6.45, 7) is 3.76. The molecule has 0 unspecified atom stereocenters. The molecule has 0 aliphatic heterocycles. The summed E-state index contributed by atoms with van der Waals surface area (Å²) in [5, 5.41) is 12.0. The van der Waals surface area contributed by atoms with Crippen LogP contribution in [0.3, 0.4) is 0 Å². The maximum atomic E-state index is 13.0. The van der Waals surface area contributed by atoms with E-state index in [1.165, 1.54) is 25.3 Å². The summed E-state index contributed by atoms with van der Waals surface area (Å²) in [6, 6.07) is 13.1. The maximum absolute atomic E-state index is 13.0. The van der Waals surface area contributed by atoms with Gasteiger partial charge in [0.15, 0.2) is 11.5 Å². The topological polar surface area (TPSA) is 80.6 Å². The number of nitriles is 1. The third kappa shape index (κ3) is 7.22. The predicted octanol–water partition coefficient (Wildman–Crippen LogP) is 3.86. The summed E-state index contributed by atoms with van der Waals surface area (Å²) >= 11 is 0. The van der Waals surface area contributed by atoms with Crippen molar-refractivity contribution in [2.24, 2.45) is 0 Å². The number of hydrogen-bond donors (Lipinski definition) is 1. The van der Waals surface area contributed by atoms with Gasteiger partial charge < -0.3 is 19.5 Å². The molecule has 0 aromatic heterocycles. The normalized spacial score (nSPS) is 10.9. The molecule has 0 radical (unpaired) electrons. The van der Waals surface area contributed by atoms with Gasteiger partial charge in [0.2, 0.25) is 0 Å². The molecular weight excluding hydrogens is 387 g/mol. The SMILES string of the molecule is CCOCCCNC(=O)/C(C#N)=C\c1ccc(OCc2ccc(F)cc2)c(OC)c1. The highest BCUT2D eigenvalue weighted by atomic mass is 19.1. The van der Waals surface area contributed by atoms with Gasteiger partial charge in [0.1, 0.15) is 24.1 Å². The molecule has 2 aromatic rings. The Hall–Kier alpha value is -3.37. The average molecular weight is 412 g/mol. The van der Waals surface area contributed by atoms with Gasteiger partial charge in [0.25, 0.3) is 5.91 Å². The second-order valence-electron chi connectivity index (χ2n) is 6.30. The highest BCUT2D eigenvalue weighted by molar-refractivity contribution is 6.01. The van der Waals surface area contributed by atoms with Gasteiger partial charge in [-0.05, 0) is 54.8 Å². The number of nitrogens with zero attached hydrogens (tertiary/aromatic N) is 1. The highest BCUT2D eigenvalue weighted by Gasteiger charge is 2.10. The first-order valence-corrected chi connectivity index (χ1v) is 9.60. The molecule has 2 aromatic carbocycles. The number of amides is 1. The van der Waals surface area contributed by atoms with E-state index in [1.54, 1.807) is 30.3 Å². The number of methoxy groups -OCH3 is 1. The molecule has 30 heavy (non-hydrogen) atoms. The highest BCUT2D eigenvalue weighted by Crippen LogP contribution is 2.29. The predicted molar refractivity (Wildman–Crippen MR) is 111 cm³/mol. The van der Waals surface area contributed by atoms with Crippen molar-refractivity contribution < 1.29 is 23.4 Å². The van der Waals surface area contributed by atoms with Crippen LogP contribution in [0.4, 0.5) is 4.39 Å². The zero-order valence-corrected chi connectivity index (χ0v) is 17.1. The standard InChI is InChI=1S/C23H25FN2O4/c1-3-29-12-4-11-26-23(27)19(15-25)13-18-7-10-21(22(14-18)28-2)30-16-17-5-8-20(24)9-6-17/h5-10,13-14H,3-4,11-12,16H2,1-2H3,(H,26,27)/b19-13-. The molecule has 6 nitrogen and oxygen atoms in total. The number of nitrogens with one attached hydrogen (secondary N) is 1. The number of ether oxygens (including phenoxy) is 3. The van der Waals surface area contributed by atoms with Crippen LogP contribution >= 0.6 is 0 Å². The van der Waals surface area contributed by atoms with Gasteiger partial charge in [-0.2, -0.15) is 5.26 Å². The van der Waals surface area contributed by atoms with Crippen molar-refractivity contribution in [3.05, 3.63) is 65.0 Å². The molecule has 0 atom stereocenters. The Bertz CT molecular complexity index is 904. The Kier molecular flexibility index (Phi) is 9.35. The Labute approximate surface area is 175 Å². The van der Waals surface area contributed by atoms with Crippen LogP contribution in [0.5, 0.6) is 11.5 Å². The molecule has 0 saturated heterocycles. The van der Waals surface area contributed by atoms with Crippen LogP contribution in [0.15, 0.2) is 48.0 Å². The zero-order chi connectivity index (χ0) is 21.8. The third-order valence-electron chi connectivity index (χ3n) is 4.13. The van der Waals surface area contributed by atoms with E-state index in [-0.39, 0.29) is 18.0 Å². The van der Waals surface area contributed by atoms with Crippen LogP contribution in [-0.2, 0) is 16.1 Å². The molecule has 1 N–H and O–H groups in total. The van der Waals surface area contributed by atoms with Gasteiger partial charge >= 0.3 is 0 Å². The van der Waals surface area contributed by atoms with Gasteiger partial charge in [-0.1, -0.05) is 18.2 Å². The minimum absolute atomic E-state index is 0.00607. The Morgan fingerprint density at radius 3 is 2.63 bits per heavy atom. The Morgan fingerprint density at radius 1 is 1.20 bits per heavy atom. The van der Waals surface area contributed by atoms with Crippen molar-refractivity contribution in [1.82, 2.24) is 5.32 Å². The van der Waals surface area contributed by atoms with E-state index < -0.39 is 5.91 Å². The number of carbonyl (C=O) groups excluding carboxylic acids is 1. The van der Waals surface area contributed by atoms with Crippen molar-refractivity contribution in [2.75, 3.05) is 26.9 Å². The second kappa shape index (κ2) is 12.2. The lowest BCUT2D eigenvalue weighted by molar-refractivity contribution is -0.117. The molecule has 0 saturated carbocycles. The van der Waals surface area contributed by atoms with Gasteiger partial charge in [-0.3, -0.25) is 4.79 Å². The van der Waals surface area contributed by atoms with E-state index in [0.717, 1.165) is 5.56 Å². The van der Waals surface area contributed by atoms with Gasteiger partial charge in [-0.15, -0.1) is 0 Å². The largest absolute Gasteiger partial charge is 0.493 e. The summed E-state index contributed by atoms with van der Waals surface area (Å²) in [6.07, 6.45) is 2.16. The molecule has 2 rings (SSSR count). The number of carbonyl (C=O) groups is 1. The number of benzene rings is 2. The molecule has 0 heterocycles.